The fourth-order valence-electron chi connectivity index (χ4n) is 1.75. The van der Waals surface area contributed by atoms with Crippen LogP contribution < -0.4 is 0 Å². The van der Waals surface area contributed by atoms with Gasteiger partial charge in [0, 0.05) is 19.0 Å². The van der Waals surface area contributed by atoms with Gasteiger partial charge < -0.3 is 4.74 Å². The highest BCUT2D eigenvalue weighted by atomic mass is 35.5. The minimum atomic E-state index is 0.517. The minimum Gasteiger partial charge on any atom is -0.383 e. The first-order chi connectivity index (χ1) is 7.15. The average molecular weight is 236 g/mol. The number of hydrogen-bond donors (Lipinski definition) is 0. The van der Waals surface area contributed by atoms with Crippen LogP contribution >= 0.6 is 11.6 Å². The molecule has 2 atom stereocenters. The number of nitrogens with zero attached hydrogens (tertiary/aromatic N) is 1. The second-order valence-electron chi connectivity index (χ2n) is 4.30. The lowest BCUT2D eigenvalue weighted by molar-refractivity contribution is 0.0989. The van der Waals surface area contributed by atoms with Crippen molar-refractivity contribution in [2.45, 2.75) is 39.7 Å². The van der Waals surface area contributed by atoms with Gasteiger partial charge in [0.2, 0.25) is 0 Å². The molecule has 0 rings (SSSR count). The molecule has 0 N–H and O–H groups in total. The van der Waals surface area contributed by atoms with Gasteiger partial charge in [-0.05, 0) is 38.8 Å². The predicted molar refractivity (Wildman–Crippen MR) is 67.7 cm³/mol. The van der Waals surface area contributed by atoms with Gasteiger partial charge in [0.15, 0.2) is 0 Å². The molecule has 0 fully saturated rings. The van der Waals surface area contributed by atoms with Crippen LogP contribution in [0.5, 0.6) is 0 Å². The van der Waals surface area contributed by atoms with E-state index in [1.807, 2.05) is 0 Å². The maximum absolute atomic E-state index is 5.72. The van der Waals surface area contributed by atoms with E-state index in [2.05, 4.69) is 25.7 Å². The Balaban J connectivity index is 3.78. The molecule has 0 amide bonds. The van der Waals surface area contributed by atoms with Crippen molar-refractivity contribution in [1.29, 1.82) is 0 Å². The van der Waals surface area contributed by atoms with Gasteiger partial charge in [0.25, 0.3) is 0 Å². The summed E-state index contributed by atoms with van der Waals surface area (Å²) in [6.45, 7) is 9.77. The van der Waals surface area contributed by atoms with Crippen LogP contribution in [0.25, 0.3) is 0 Å². The molecule has 0 aromatic rings. The van der Waals surface area contributed by atoms with Crippen LogP contribution in [-0.2, 0) is 4.74 Å². The lowest BCUT2D eigenvalue weighted by Gasteiger charge is -2.28. The summed E-state index contributed by atoms with van der Waals surface area (Å²) in [6.07, 6.45) is 2.35. The van der Waals surface area contributed by atoms with Gasteiger partial charge in [0.1, 0.15) is 0 Å². The fraction of sp³-hybridized carbons (Fsp3) is 1.00. The normalized spacial score (nSPS) is 15.6. The molecule has 0 radical (unpaired) electrons. The number of ether oxygens (including phenoxy) is 1. The molecule has 0 aromatic carbocycles. The summed E-state index contributed by atoms with van der Waals surface area (Å²) in [4.78, 5) is 2.47. The molecule has 0 saturated carbocycles. The molecular formula is C12H26ClNO. The number of alkyl halides is 1. The highest BCUT2D eigenvalue weighted by molar-refractivity contribution is 6.17. The Bertz CT molecular complexity index is 144. The van der Waals surface area contributed by atoms with E-state index in [4.69, 9.17) is 16.3 Å². The Kier molecular flexibility index (Phi) is 9.57. The monoisotopic (exact) mass is 235 g/mol. The molecule has 0 aliphatic rings. The molecule has 2 nitrogen and oxygen atoms in total. The maximum Gasteiger partial charge on any atom is 0.0615 e. The molecule has 15 heavy (non-hydrogen) atoms. The highest BCUT2D eigenvalue weighted by Gasteiger charge is 2.12. The summed E-state index contributed by atoms with van der Waals surface area (Å²) in [6, 6.07) is 0.517. The molecule has 92 valence electrons. The van der Waals surface area contributed by atoms with E-state index in [1.54, 1.807) is 7.11 Å². The zero-order valence-electron chi connectivity index (χ0n) is 10.6. The van der Waals surface area contributed by atoms with Crippen LogP contribution in [0.2, 0.25) is 0 Å². The highest BCUT2D eigenvalue weighted by Crippen LogP contribution is 2.11. The fourth-order valence-corrected chi connectivity index (χ4v) is 2.13. The molecule has 0 saturated heterocycles. The van der Waals surface area contributed by atoms with E-state index < -0.39 is 0 Å². The van der Waals surface area contributed by atoms with Crippen molar-refractivity contribution in [1.82, 2.24) is 4.90 Å². The Hall–Kier alpha value is 0.210. The molecule has 0 aromatic heterocycles. The van der Waals surface area contributed by atoms with Gasteiger partial charge >= 0.3 is 0 Å². The van der Waals surface area contributed by atoms with E-state index in [-0.39, 0.29) is 0 Å². The van der Waals surface area contributed by atoms with Gasteiger partial charge in [-0.25, -0.2) is 0 Å². The summed E-state index contributed by atoms with van der Waals surface area (Å²) in [7, 11) is 1.76. The van der Waals surface area contributed by atoms with Gasteiger partial charge in [-0.15, -0.1) is 11.6 Å². The molecule has 2 unspecified atom stereocenters. The number of methoxy groups -OCH3 is 1. The molecule has 0 aliphatic carbocycles. The number of halogens is 1. The molecule has 0 heterocycles. The van der Waals surface area contributed by atoms with E-state index in [9.17, 15) is 0 Å². The van der Waals surface area contributed by atoms with Crippen molar-refractivity contribution < 1.29 is 4.74 Å². The van der Waals surface area contributed by atoms with Crippen LogP contribution in [0.3, 0.4) is 0 Å². The number of hydrogen-bond acceptors (Lipinski definition) is 2. The molecule has 0 bridgehead atoms. The first kappa shape index (κ1) is 15.2. The second kappa shape index (κ2) is 9.44. The summed E-state index contributed by atoms with van der Waals surface area (Å²) in [5, 5.41) is 0. The first-order valence-corrected chi connectivity index (χ1v) is 6.48. The number of likely N-dealkylation sites (N-methyl/N-ethyl adjacent to an activating group) is 1. The van der Waals surface area contributed by atoms with Crippen molar-refractivity contribution in [2.75, 3.05) is 32.7 Å². The Morgan fingerprint density at radius 2 is 1.93 bits per heavy atom. The summed E-state index contributed by atoms with van der Waals surface area (Å²) >= 11 is 5.72. The van der Waals surface area contributed by atoms with Crippen LogP contribution in [0.4, 0.5) is 0 Å². The van der Waals surface area contributed by atoms with Crippen molar-refractivity contribution in [3.63, 3.8) is 0 Å². The molecular weight excluding hydrogens is 210 g/mol. The standard InChI is InChI=1S/C12H26ClNO/c1-5-14(12(3)10-15-4)9-7-11(2)6-8-13/h11-12H,5-10H2,1-4H3. The third-order valence-corrected chi connectivity index (χ3v) is 3.17. The first-order valence-electron chi connectivity index (χ1n) is 5.94. The minimum absolute atomic E-state index is 0.517. The van der Waals surface area contributed by atoms with E-state index in [1.165, 1.54) is 6.42 Å². The maximum atomic E-state index is 5.72. The van der Waals surface area contributed by atoms with Crippen LogP contribution in [-0.4, -0.2) is 43.6 Å². The quantitative estimate of drug-likeness (QED) is 0.570. The van der Waals surface area contributed by atoms with Gasteiger partial charge in [-0.2, -0.15) is 0 Å². The zero-order valence-corrected chi connectivity index (χ0v) is 11.4. The van der Waals surface area contributed by atoms with Crippen LogP contribution in [0.1, 0.15) is 33.6 Å². The average Bonchev–Trinajstić information content (AvgIpc) is 2.19. The lowest BCUT2D eigenvalue weighted by atomic mass is 10.0. The Morgan fingerprint density at radius 3 is 2.40 bits per heavy atom. The number of rotatable bonds is 9. The summed E-state index contributed by atoms with van der Waals surface area (Å²) in [5.41, 5.74) is 0. The molecule has 3 heteroatoms. The lowest BCUT2D eigenvalue weighted by Crippen LogP contribution is -2.37. The third kappa shape index (κ3) is 7.15. The van der Waals surface area contributed by atoms with Crippen LogP contribution in [0, 0.1) is 5.92 Å². The van der Waals surface area contributed by atoms with E-state index in [0.29, 0.717) is 6.04 Å². The summed E-state index contributed by atoms with van der Waals surface area (Å²) in [5.74, 6) is 1.51. The van der Waals surface area contributed by atoms with Gasteiger partial charge in [0.05, 0.1) is 6.61 Å². The largest absolute Gasteiger partial charge is 0.383 e. The van der Waals surface area contributed by atoms with Gasteiger partial charge in [-0.3, -0.25) is 4.90 Å². The Morgan fingerprint density at radius 1 is 1.27 bits per heavy atom. The predicted octanol–water partition coefficient (Wildman–Crippen LogP) is 3.00. The van der Waals surface area contributed by atoms with Gasteiger partial charge in [-0.1, -0.05) is 13.8 Å². The topological polar surface area (TPSA) is 12.5 Å². The van der Waals surface area contributed by atoms with E-state index >= 15 is 0 Å². The molecule has 0 spiro atoms. The van der Waals surface area contributed by atoms with Crippen molar-refractivity contribution in [3.05, 3.63) is 0 Å². The third-order valence-electron chi connectivity index (χ3n) is 2.95. The van der Waals surface area contributed by atoms with Crippen molar-refractivity contribution >= 4 is 11.6 Å². The van der Waals surface area contributed by atoms with E-state index in [0.717, 1.165) is 37.9 Å². The Labute approximate surface area is 99.9 Å². The molecule has 0 aliphatic heterocycles. The van der Waals surface area contributed by atoms with Crippen LogP contribution in [0.15, 0.2) is 0 Å². The van der Waals surface area contributed by atoms with Crippen molar-refractivity contribution in [3.8, 4) is 0 Å². The zero-order chi connectivity index (χ0) is 11.7. The van der Waals surface area contributed by atoms with Crippen molar-refractivity contribution in [2.24, 2.45) is 5.92 Å². The second-order valence-corrected chi connectivity index (χ2v) is 4.68. The summed E-state index contributed by atoms with van der Waals surface area (Å²) < 4.78 is 5.18. The SMILES string of the molecule is CCN(CCC(C)CCCl)C(C)COC. The smallest absolute Gasteiger partial charge is 0.0615 e.